The molecule has 2 N–H and O–H groups in total. The molecule has 2 aromatic heterocycles. The largest absolute Gasteiger partial charge is 0.493 e. The summed E-state index contributed by atoms with van der Waals surface area (Å²) in [5, 5.41) is 0.840. The number of nitrogens with two attached hydrogens (primary N) is 1. The highest BCUT2D eigenvalue weighted by Gasteiger charge is 2.21. The second-order valence-electron chi connectivity index (χ2n) is 7.88. The van der Waals surface area contributed by atoms with Crippen LogP contribution >= 0.6 is 24.8 Å². The second kappa shape index (κ2) is 11.8. The number of hydrogen-bond donors (Lipinski definition) is 1. The zero-order valence-corrected chi connectivity index (χ0v) is 21.6. The summed E-state index contributed by atoms with van der Waals surface area (Å²) in [6.07, 6.45) is 1.72. The van der Waals surface area contributed by atoms with E-state index in [4.69, 9.17) is 24.9 Å². The van der Waals surface area contributed by atoms with Gasteiger partial charge in [-0.05, 0) is 24.3 Å². The summed E-state index contributed by atoms with van der Waals surface area (Å²) in [6, 6.07) is 17.4. The average Bonchev–Trinajstić information content (AvgIpc) is 2.88. The van der Waals surface area contributed by atoms with E-state index in [1.165, 1.54) is 0 Å². The van der Waals surface area contributed by atoms with Gasteiger partial charge in [-0.25, -0.2) is 9.97 Å². The number of aromatic nitrogens is 3. The van der Waals surface area contributed by atoms with E-state index >= 15 is 0 Å². The molecule has 0 radical (unpaired) electrons. The van der Waals surface area contributed by atoms with Crippen LogP contribution in [-0.4, -0.2) is 55.4 Å². The fourth-order valence-corrected chi connectivity index (χ4v) is 4.04. The van der Waals surface area contributed by atoms with Crippen LogP contribution in [0.5, 0.6) is 23.3 Å². The van der Waals surface area contributed by atoms with Crippen molar-refractivity contribution in [2.75, 3.05) is 55.9 Å². The smallest absolute Gasteiger partial charge is 0.323 e. The molecule has 190 valence electrons. The Bertz CT molecular complexity index is 1300. The van der Waals surface area contributed by atoms with Crippen molar-refractivity contribution in [1.82, 2.24) is 15.0 Å². The fraction of sp³-hybridized carbons (Fsp3) is 0.240. The summed E-state index contributed by atoms with van der Waals surface area (Å²) < 4.78 is 16.6. The molecule has 0 unspecified atom stereocenters. The number of methoxy groups -OCH3 is 2. The highest BCUT2D eigenvalue weighted by Crippen LogP contribution is 2.35. The molecule has 1 aliphatic rings. The van der Waals surface area contributed by atoms with E-state index in [2.05, 4.69) is 19.8 Å². The van der Waals surface area contributed by atoms with E-state index in [-0.39, 0.29) is 24.8 Å². The molecule has 1 aliphatic heterocycles. The van der Waals surface area contributed by atoms with Gasteiger partial charge in [0.15, 0.2) is 11.5 Å². The van der Waals surface area contributed by atoms with Crippen molar-refractivity contribution in [3.05, 3.63) is 60.8 Å². The zero-order chi connectivity index (χ0) is 23.5. The first-order valence-electron chi connectivity index (χ1n) is 11.0. The van der Waals surface area contributed by atoms with Crippen LogP contribution < -0.4 is 29.7 Å². The SMILES string of the molecule is COc1cc2nc(N3CCN(c4ccnc(Oc5ccccc5)n4)CC3)cc(N)c2cc1OC.Cl.Cl. The van der Waals surface area contributed by atoms with Gasteiger partial charge in [-0.15, -0.1) is 24.8 Å². The number of piperazine rings is 1. The molecule has 0 spiro atoms. The third-order valence-corrected chi connectivity index (χ3v) is 5.83. The van der Waals surface area contributed by atoms with Gasteiger partial charge in [0.25, 0.3) is 0 Å². The van der Waals surface area contributed by atoms with Crippen molar-refractivity contribution in [2.24, 2.45) is 0 Å². The highest BCUT2D eigenvalue weighted by molar-refractivity contribution is 5.94. The summed E-state index contributed by atoms with van der Waals surface area (Å²) in [7, 11) is 3.22. The molecule has 0 atom stereocenters. The number of pyridine rings is 1. The Balaban J connectivity index is 0.00000180. The molecule has 3 heterocycles. The standard InChI is InChI=1S/C25H26N6O3.2ClH/c1-32-21-14-18-19(26)15-24(28-20(18)16-22(21)33-2)31-12-10-30(11-13-31)23-8-9-27-25(29-23)34-17-6-4-3-5-7-17;;/h3-9,14-16H,10-13H2,1-2H3,(H2,26,28);2*1H. The topological polar surface area (TPSA) is 98.9 Å². The number of nitrogens with zero attached hydrogens (tertiary/aromatic N) is 5. The monoisotopic (exact) mass is 530 g/mol. The first kappa shape index (κ1) is 26.9. The Morgan fingerprint density at radius 3 is 2.08 bits per heavy atom. The predicted octanol–water partition coefficient (Wildman–Crippen LogP) is 4.59. The second-order valence-corrected chi connectivity index (χ2v) is 7.88. The molecule has 1 fully saturated rings. The Labute approximate surface area is 222 Å². The van der Waals surface area contributed by atoms with Crippen LogP contribution in [0.3, 0.4) is 0 Å². The van der Waals surface area contributed by atoms with Crippen LogP contribution in [0.4, 0.5) is 17.3 Å². The van der Waals surface area contributed by atoms with Crippen LogP contribution in [0.2, 0.25) is 0 Å². The van der Waals surface area contributed by atoms with Crippen molar-refractivity contribution in [3.8, 4) is 23.3 Å². The third kappa shape index (κ3) is 5.58. The maximum atomic E-state index is 6.37. The minimum absolute atomic E-state index is 0. The van der Waals surface area contributed by atoms with Gasteiger partial charge in [0, 0.05) is 55.6 Å². The molecule has 2 aromatic carbocycles. The number of benzene rings is 2. The van der Waals surface area contributed by atoms with Crippen LogP contribution in [0, 0.1) is 0 Å². The van der Waals surface area contributed by atoms with Crippen molar-refractivity contribution in [1.29, 1.82) is 0 Å². The van der Waals surface area contributed by atoms with Crippen molar-refractivity contribution in [2.45, 2.75) is 0 Å². The van der Waals surface area contributed by atoms with Gasteiger partial charge in [-0.2, -0.15) is 4.98 Å². The van der Waals surface area contributed by atoms with Gasteiger partial charge in [0.1, 0.15) is 17.4 Å². The molecule has 0 bridgehead atoms. The first-order chi connectivity index (χ1) is 16.6. The lowest BCUT2D eigenvalue weighted by Gasteiger charge is -2.36. The van der Waals surface area contributed by atoms with E-state index < -0.39 is 0 Å². The molecule has 0 amide bonds. The van der Waals surface area contributed by atoms with Gasteiger partial charge in [-0.1, -0.05) is 18.2 Å². The number of hydrogen-bond acceptors (Lipinski definition) is 9. The van der Waals surface area contributed by atoms with Crippen LogP contribution in [0.25, 0.3) is 10.9 Å². The zero-order valence-electron chi connectivity index (χ0n) is 20.0. The Morgan fingerprint density at radius 1 is 0.778 bits per heavy atom. The summed E-state index contributed by atoms with van der Waals surface area (Å²) in [5.74, 6) is 3.64. The highest BCUT2D eigenvalue weighted by atomic mass is 35.5. The Morgan fingerprint density at radius 2 is 1.42 bits per heavy atom. The summed E-state index contributed by atoms with van der Waals surface area (Å²) in [4.78, 5) is 18.1. The number of ether oxygens (including phenoxy) is 3. The molecule has 4 aromatic rings. The summed E-state index contributed by atoms with van der Waals surface area (Å²) in [6.45, 7) is 3.13. The van der Waals surface area contributed by atoms with Gasteiger partial charge < -0.3 is 29.7 Å². The number of rotatable bonds is 6. The van der Waals surface area contributed by atoms with Crippen LogP contribution in [-0.2, 0) is 0 Å². The molecule has 36 heavy (non-hydrogen) atoms. The Kier molecular flexibility index (Phi) is 8.84. The minimum Gasteiger partial charge on any atom is -0.493 e. The average molecular weight is 531 g/mol. The molecule has 1 saturated heterocycles. The molecular weight excluding hydrogens is 503 g/mol. The maximum Gasteiger partial charge on any atom is 0.323 e. The number of halogens is 2. The lowest BCUT2D eigenvalue weighted by atomic mass is 10.1. The quantitative estimate of drug-likeness (QED) is 0.383. The molecule has 0 aliphatic carbocycles. The van der Waals surface area contributed by atoms with Crippen molar-refractivity contribution < 1.29 is 14.2 Å². The van der Waals surface area contributed by atoms with Crippen molar-refractivity contribution in [3.63, 3.8) is 0 Å². The van der Waals surface area contributed by atoms with E-state index in [1.54, 1.807) is 20.4 Å². The normalized spacial score (nSPS) is 12.9. The fourth-order valence-electron chi connectivity index (χ4n) is 4.04. The van der Waals surface area contributed by atoms with Crippen LogP contribution in [0.1, 0.15) is 0 Å². The number of nitrogen functional groups attached to an aromatic ring is 1. The summed E-state index contributed by atoms with van der Waals surface area (Å²) >= 11 is 0. The van der Waals surface area contributed by atoms with E-state index in [0.29, 0.717) is 28.9 Å². The third-order valence-electron chi connectivity index (χ3n) is 5.83. The Hall–Kier alpha value is -3.69. The summed E-state index contributed by atoms with van der Waals surface area (Å²) in [5.41, 5.74) is 7.80. The van der Waals surface area contributed by atoms with E-state index in [9.17, 15) is 0 Å². The molecule has 0 saturated carbocycles. The molecule has 9 nitrogen and oxygen atoms in total. The van der Waals surface area contributed by atoms with E-state index in [0.717, 1.165) is 48.7 Å². The minimum atomic E-state index is 0. The van der Waals surface area contributed by atoms with Gasteiger partial charge >= 0.3 is 6.01 Å². The van der Waals surface area contributed by atoms with Crippen LogP contribution in [0.15, 0.2) is 60.8 Å². The molecular formula is C25H28Cl2N6O3. The first-order valence-corrected chi connectivity index (χ1v) is 11.0. The van der Waals surface area contributed by atoms with Gasteiger partial charge in [-0.3, -0.25) is 0 Å². The predicted molar refractivity (Wildman–Crippen MR) is 147 cm³/mol. The van der Waals surface area contributed by atoms with Gasteiger partial charge in [0.2, 0.25) is 0 Å². The number of para-hydroxylation sites is 1. The lowest BCUT2D eigenvalue weighted by molar-refractivity contribution is 0.356. The van der Waals surface area contributed by atoms with Crippen molar-refractivity contribution >= 4 is 53.0 Å². The number of anilines is 3. The number of fused-ring (bicyclic) bond motifs is 1. The molecule has 11 heteroatoms. The lowest BCUT2D eigenvalue weighted by Crippen LogP contribution is -2.47. The van der Waals surface area contributed by atoms with E-state index in [1.807, 2.05) is 54.6 Å². The van der Waals surface area contributed by atoms with Gasteiger partial charge in [0.05, 0.1) is 19.7 Å². The maximum absolute atomic E-state index is 6.37. The molecule has 5 rings (SSSR count).